The normalized spacial score (nSPS) is 11.5. The molecule has 88 valence electrons. The average molecular weight is 247 g/mol. The Labute approximate surface area is 104 Å². The van der Waals surface area contributed by atoms with Crippen LogP contribution in [0.4, 0.5) is 5.95 Å². The second kappa shape index (κ2) is 5.40. The van der Waals surface area contributed by atoms with E-state index in [1.165, 1.54) is 0 Å². The van der Waals surface area contributed by atoms with E-state index in [0.717, 1.165) is 17.7 Å². The van der Waals surface area contributed by atoms with E-state index >= 15 is 0 Å². The van der Waals surface area contributed by atoms with Crippen molar-refractivity contribution in [3.8, 4) is 0 Å². The van der Waals surface area contributed by atoms with Crippen LogP contribution >= 0.6 is 12.2 Å². The molecule has 1 heterocycles. The number of hydrazone groups is 1. The molecule has 0 aliphatic carbocycles. The van der Waals surface area contributed by atoms with Gasteiger partial charge in [0.2, 0.25) is 10.7 Å². The minimum atomic E-state index is 0.403. The predicted molar refractivity (Wildman–Crippen MR) is 70.7 cm³/mol. The summed E-state index contributed by atoms with van der Waals surface area (Å²) in [6, 6.07) is 10.0. The number of nitrogens with zero attached hydrogens (tertiary/aromatic N) is 2. The summed E-state index contributed by atoms with van der Waals surface area (Å²) in [5.41, 5.74) is 4.90. The van der Waals surface area contributed by atoms with Crippen LogP contribution in [0.2, 0.25) is 0 Å². The van der Waals surface area contributed by atoms with Crippen molar-refractivity contribution in [3.63, 3.8) is 0 Å². The molecule has 0 aliphatic heterocycles. The van der Waals surface area contributed by atoms with Crippen LogP contribution in [0.5, 0.6) is 0 Å². The molecule has 17 heavy (non-hydrogen) atoms. The SMILES string of the molecule is CC/C(=N/Nc1nc(=S)[nH][nH]1)c1ccccc1. The van der Waals surface area contributed by atoms with Gasteiger partial charge >= 0.3 is 0 Å². The molecule has 0 aliphatic rings. The summed E-state index contributed by atoms with van der Waals surface area (Å²) in [4.78, 5) is 4.00. The van der Waals surface area contributed by atoms with Gasteiger partial charge < -0.3 is 0 Å². The Balaban J connectivity index is 2.16. The van der Waals surface area contributed by atoms with E-state index in [2.05, 4.69) is 32.6 Å². The Hall–Kier alpha value is -1.95. The highest BCUT2D eigenvalue weighted by molar-refractivity contribution is 7.71. The van der Waals surface area contributed by atoms with Gasteiger partial charge in [-0.25, -0.2) is 5.43 Å². The third-order valence-electron chi connectivity index (χ3n) is 2.24. The molecule has 0 fully saturated rings. The van der Waals surface area contributed by atoms with Crippen molar-refractivity contribution in [1.82, 2.24) is 15.2 Å². The van der Waals surface area contributed by atoms with Crippen LogP contribution in [0.25, 0.3) is 0 Å². The number of nitrogens with one attached hydrogen (secondary N) is 3. The van der Waals surface area contributed by atoms with Gasteiger partial charge in [0.15, 0.2) is 0 Å². The molecule has 6 heteroatoms. The fourth-order valence-electron chi connectivity index (χ4n) is 1.42. The van der Waals surface area contributed by atoms with Crippen LogP contribution < -0.4 is 5.43 Å². The molecule has 2 aromatic rings. The van der Waals surface area contributed by atoms with Crippen LogP contribution in [0.3, 0.4) is 0 Å². The van der Waals surface area contributed by atoms with Crippen molar-refractivity contribution in [2.45, 2.75) is 13.3 Å². The van der Waals surface area contributed by atoms with E-state index in [1.807, 2.05) is 30.3 Å². The third kappa shape index (κ3) is 3.01. The van der Waals surface area contributed by atoms with Gasteiger partial charge in [0.25, 0.3) is 0 Å². The fraction of sp³-hybridized carbons (Fsp3) is 0.182. The maximum Gasteiger partial charge on any atom is 0.238 e. The minimum Gasteiger partial charge on any atom is -0.272 e. The second-order valence-corrected chi connectivity index (χ2v) is 3.79. The molecular weight excluding hydrogens is 234 g/mol. The summed E-state index contributed by atoms with van der Waals surface area (Å²) in [7, 11) is 0. The van der Waals surface area contributed by atoms with Gasteiger partial charge in [0, 0.05) is 0 Å². The Morgan fingerprint density at radius 3 is 2.71 bits per heavy atom. The zero-order valence-electron chi connectivity index (χ0n) is 9.40. The highest BCUT2D eigenvalue weighted by Gasteiger charge is 2.00. The van der Waals surface area contributed by atoms with Gasteiger partial charge in [0.05, 0.1) is 5.71 Å². The van der Waals surface area contributed by atoms with E-state index in [9.17, 15) is 0 Å². The lowest BCUT2D eigenvalue weighted by Crippen LogP contribution is -2.03. The number of benzene rings is 1. The molecule has 0 bridgehead atoms. The monoisotopic (exact) mass is 247 g/mol. The minimum absolute atomic E-state index is 0.403. The Bertz CT molecular complexity index is 554. The highest BCUT2D eigenvalue weighted by atomic mass is 32.1. The lowest BCUT2D eigenvalue weighted by atomic mass is 10.1. The van der Waals surface area contributed by atoms with Crippen LogP contribution in [0, 0.1) is 4.77 Å². The molecule has 1 aromatic heterocycles. The van der Waals surface area contributed by atoms with Crippen LogP contribution in [-0.4, -0.2) is 20.9 Å². The van der Waals surface area contributed by atoms with Gasteiger partial charge in [-0.2, -0.15) is 10.1 Å². The van der Waals surface area contributed by atoms with Crippen molar-refractivity contribution >= 4 is 23.9 Å². The van der Waals surface area contributed by atoms with Crippen LogP contribution in [0.1, 0.15) is 18.9 Å². The first-order valence-corrected chi connectivity index (χ1v) is 5.73. The maximum atomic E-state index is 4.85. The number of hydrogen-bond acceptors (Lipinski definition) is 4. The quantitative estimate of drug-likeness (QED) is 0.442. The third-order valence-corrected chi connectivity index (χ3v) is 2.43. The number of aromatic amines is 2. The smallest absolute Gasteiger partial charge is 0.238 e. The van der Waals surface area contributed by atoms with Crippen LogP contribution in [-0.2, 0) is 0 Å². The Morgan fingerprint density at radius 1 is 1.35 bits per heavy atom. The lowest BCUT2D eigenvalue weighted by molar-refractivity contribution is 1.06. The van der Waals surface area contributed by atoms with Crippen molar-refractivity contribution < 1.29 is 0 Å². The summed E-state index contributed by atoms with van der Waals surface area (Å²) in [6.45, 7) is 2.06. The van der Waals surface area contributed by atoms with E-state index in [1.54, 1.807) is 0 Å². The Morgan fingerprint density at radius 2 is 2.12 bits per heavy atom. The summed E-state index contributed by atoms with van der Waals surface area (Å²) < 4.78 is 0.403. The fourth-order valence-corrected chi connectivity index (χ4v) is 1.56. The Kier molecular flexibility index (Phi) is 3.66. The van der Waals surface area contributed by atoms with Gasteiger partial charge in [-0.3, -0.25) is 10.2 Å². The maximum absolute atomic E-state index is 4.85. The molecule has 0 saturated carbocycles. The second-order valence-electron chi connectivity index (χ2n) is 3.41. The molecule has 0 amide bonds. The van der Waals surface area contributed by atoms with Gasteiger partial charge in [-0.05, 0) is 24.2 Å². The van der Waals surface area contributed by atoms with Crippen molar-refractivity contribution in [2.24, 2.45) is 5.10 Å². The lowest BCUT2D eigenvalue weighted by Gasteiger charge is -2.03. The van der Waals surface area contributed by atoms with E-state index in [0.29, 0.717) is 10.7 Å². The summed E-state index contributed by atoms with van der Waals surface area (Å²) in [5.74, 6) is 0.511. The molecule has 0 spiro atoms. The summed E-state index contributed by atoms with van der Waals surface area (Å²) >= 11 is 4.85. The zero-order chi connectivity index (χ0) is 12.1. The molecule has 0 saturated heterocycles. The van der Waals surface area contributed by atoms with Crippen molar-refractivity contribution in [3.05, 3.63) is 40.7 Å². The number of H-pyrrole nitrogens is 2. The van der Waals surface area contributed by atoms with E-state index in [-0.39, 0.29) is 0 Å². The zero-order valence-corrected chi connectivity index (χ0v) is 10.2. The molecule has 2 rings (SSSR count). The summed E-state index contributed by atoms with van der Waals surface area (Å²) in [6.07, 6.45) is 0.835. The predicted octanol–water partition coefficient (Wildman–Crippen LogP) is 2.69. The molecule has 3 N–H and O–H groups in total. The first kappa shape index (κ1) is 11.5. The molecule has 0 radical (unpaired) electrons. The first-order chi connectivity index (χ1) is 8.29. The number of anilines is 1. The first-order valence-electron chi connectivity index (χ1n) is 5.32. The van der Waals surface area contributed by atoms with Crippen LogP contribution in [0.15, 0.2) is 35.4 Å². The number of hydrogen-bond donors (Lipinski definition) is 3. The van der Waals surface area contributed by atoms with Crippen molar-refractivity contribution in [2.75, 3.05) is 5.43 Å². The average Bonchev–Trinajstić information content (AvgIpc) is 2.77. The van der Waals surface area contributed by atoms with E-state index in [4.69, 9.17) is 12.2 Å². The standard InChI is InChI=1S/C11H13N5S/c1-2-9(8-6-4-3-5-7-8)13-14-10-12-11(17)16-15-10/h3-7H,2H2,1H3,(H3,12,14,15,16,17)/b13-9-. The van der Waals surface area contributed by atoms with Crippen molar-refractivity contribution in [1.29, 1.82) is 0 Å². The van der Waals surface area contributed by atoms with Gasteiger partial charge in [0.1, 0.15) is 0 Å². The van der Waals surface area contributed by atoms with E-state index < -0.39 is 0 Å². The van der Waals surface area contributed by atoms with Gasteiger partial charge in [-0.1, -0.05) is 37.3 Å². The topological polar surface area (TPSA) is 68.9 Å². The highest BCUT2D eigenvalue weighted by Crippen LogP contribution is 2.05. The molecule has 0 atom stereocenters. The summed E-state index contributed by atoms with van der Waals surface area (Å²) in [5, 5.41) is 9.78. The molecular formula is C11H13N5S. The molecule has 5 nitrogen and oxygen atoms in total. The largest absolute Gasteiger partial charge is 0.272 e. The molecule has 1 aromatic carbocycles. The molecule has 0 unspecified atom stereocenters. The van der Waals surface area contributed by atoms with Gasteiger partial charge in [-0.15, -0.1) is 0 Å². The number of aromatic nitrogens is 3. The number of rotatable bonds is 4.